The van der Waals surface area contributed by atoms with Crippen LogP contribution in [0, 0.1) is 6.92 Å². The highest BCUT2D eigenvalue weighted by atomic mass is 35.5. The Morgan fingerprint density at radius 1 is 1.26 bits per heavy atom. The quantitative estimate of drug-likeness (QED) is 0.887. The molecule has 6 heteroatoms. The second kappa shape index (κ2) is 7.19. The van der Waals surface area contributed by atoms with Crippen molar-refractivity contribution in [2.75, 3.05) is 5.32 Å². The number of hydrogen-bond acceptors (Lipinski definition) is 3. The fraction of sp³-hybridized carbons (Fsp3) is 0.538. The highest BCUT2D eigenvalue weighted by molar-refractivity contribution is 5.85. The van der Waals surface area contributed by atoms with Crippen molar-refractivity contribution < 1.29 is 0 Å². The van der Waals surface area contributed by atoms with Crippen molar-refractivity contribution in [3.63, 3.8) is 0 Å². The molecule has 0 saturated carbocycles. The van der Waals surface area contributed by atoms with Crippen LogP contribution in [-0.4, -0.2) is 19.6 Å². The Hall–Kier alpha value is -1.49. The first-order valence-corrected chi connectivity index (χ1v) is 6.53. The Bertz CT molecular complexity index is 503. The molecule has 0 aliphatic heterocycles. The third kappa shape index (κ3) is 3.73. The van der Waals surface area contributed by atoms with Crippen molar-refractivity contribution in [1.29, 1.82) is 0 Å². The largest absolute Gasteiger partial charge is 0.365 e. The number of nitrogens with one attached hydrogen (secondary N) is 1. The number of aryl methyl sites for hydroxylation is 3. The van der Waals surface area contributed by atoms with Gasteiger partial charge in [-0.05, 0) is 26.3 Å². The minimum atomic E-state index is 0. The van der Waals surface area contributed by atoms with Gasteiger partial charge in [-0.1, -0.05) is 6.92 Å². The van der Waals surface area contributed by atoms with E-state index in [2.05, 4.69) is 41.5 Å². The van der Waals surface area contributed by atoms with Crippen molar-refractivity contribution in [3.05, 3.63) is 29.7 Å². The lowest BCUT2D eigenvalue weighted by molar-refractivity contribution is 0.577. The molecule has 0 radical (unpaired) electrons. The van der Waals surface area contributed by atoms with Crippen LogP contribution in [0.1, 0.15) is 31.7 Å². The van der Waals surface area contributed by atoms with E-state index in [4.69, 9.17) is 0 Å². The van der Waals surface area contributed by atoms with Gasteiger partial charge in [-0.25, -0.2) is 4.68 Å². The maximum atomic E-state index is 4.42. The number of anilines is 1. The molecule has 0 amide bonds. The van der Waals surface area contributed by atoms with E-state index >= 15 is 0 Å². The van der Waals surface area contributed by atoms with Gasteiger partial charge in [0.05, 0.1) is 17.9 Å². The average Bonchev–Trinajstić information content (AvgIpc) is 2.93. The van der Waals surface area contributed by atoms with Gasteiger partial charge in [-0.3, -0.25) is 4.68 Å². The number of aromatic nitrogens is 4. The molecule has 2 aromatic rings. The summed E-state index contributed by atoms with van der Waals surface area (Å²) in [5, 5.41) is 12.2. The van der Waals surface area contributed by atoms with E-state index in [1.807, 2.05) is 22.5 Å². The molecule has 0 atom stereocenters. The van der Waals surface area contributed by atoms with Crippen LogP contribution in [-0.2, 0) is 19.6 Å². The molecule has 0 aliphatic rings. The predicted molar refractivity (Wildman–Crippen MR) is 79.7 cm³/mol. The van der Waals surface area contributed by atoms with Gasteiger partial charge in [0, 0.05) is 25.4 Å². The maximum Gasteiger partial charge on any atom is 0.124 e. The Kier molecular flexibility index (Phi) is 5.89. The molecule has 19 heavy (non-hydrogen) atoms. The molecule has 0 unspecified atom stereocenters. The fourth-order valence-corrected chi connectivity index (χ4v) is 2.03. The highest BCUT2D eigenvalue weighted by Crippen LogP contribution is 2.11. The molecule has 0 bridgehead atoms. The topological polar surface area (TPSA) is 47.7 Å². The van der Waals surface area contributed by atoms with Gasteiger partial charge in [-0.15, -0.1) is 12.4 Å². The zero-order valence-electron chi connectivity index (χ0n) is 11.8. The van der Waals surface area contributed by atoms with Gasteiger partial charge in [0.25, 0.3) is 0 Å². The summed E-state index contributed by atoms with van der Waals surface area (Å²) >= 11 is 0. The molecule has 0 aromatic carbocycles. The fourth-order valence-electron chi connectivity index (χ4n) is 2.03. The number of rotatable bonds is 6. The molecule has 2 aromatic heterocycles. The summed E-state index contributed by atoms with van der Waals surface area (Å²) in [6, 6.07) is 4.13. The molecule has 5 nitrogen and oxygen atoms in total. The molecular formula is C13H22ClN5. The van der Waals surface area contributed by atoms with Crippen LogP contribution in [0.4, 0.5) is 5.82 Å². The zero-order chi connectivity index (χ0) is 13.0. The molecule has 0 spiro atoms. The first kappa shape index (κ1) is 15.6. The lowest BCUT2D eigenvalue weighted by Gasteiger charge is -2.09. The van der Waals surface area contributed by atoms with Gasteiger partial charge < -0.3 is 5.32 Å². The summed E-state index contributed by atoms with van der Waals surface area (Å²) in [7, 11) is 0. The summed E-state index contributed by atoms with van der Waals surface area (Å²) < 4.78 is 4.03. The normalized spacial score (nSPS) is 10.3. The van der Waals surface area contributed by atoms with Gasteiger partial charge in [0.1, 0.15) is 5.82 Å². The molecule has 0 fully saturated rings. The summed E-state index contributed by atoms with van der Waals surface area (Å²) in [6.45, 7) is 8.90. The number of nitrogens with zero attached hydrogens (tertiary/aromatic N) is 4. The first-order chi connectivity index (χ1) is 8.74. The molecule has 0 saturated heterocycles. The summed E-state index contributed by atoms with van der Waals surface area (Å²) in [5.74, 6) is 1.07. The molecule has 1 N–H and O–H groups in total. The monoisotopic (exact) mass is 283 g/mol. The lowest BCUT2D eigenvalue weighted by Crippen LogP contribution is -2.11. The summed E-state index contributed by atoms with van der Waals surface area (Å²) in [4.78, 5) is 0. The van der Waals surface area contributed by atoms with Crippen LogP contribution in [0.3, 0.4) is 0 Å². The van der Waals surface area contributed by atoms with Crippen molar-refractivity contribution in [1.82, 2.24) is 19.6 Å². The van der Waals surface area contributed by atoms with E-state index in [-0.39, 0.29) is 12.4 Å². The Balaban J connectivity index is 0.00000180. The van der Waals surface area contributed by atoms with Crippen LogP contribution < -0.4 is 5.32 Å². The molecule has 106 valence electrons. The Labute approximate surface area is 120 Å². The van der Waals surface area contributed by atoms with E-state index in [9.17, 15) is 0 Å². The lowest BCUT2D eigenvalue weighted by atomic mass is 10.4. The van der Waals surface area contributed by atoms with Gasteiger partial charge in [0.15, 0.2) is 0 Å². The average molecular weight is 284 g/mol. The van der Waals surface area contributed by atoms with Gasteiger partial charge >= 0.3 is 0 Å². The number of hydrogen-bond donors (Lipinski definition) is 1. The number of halogens is 1. The van der Waals surface area contributed by atoms with Gasteiger partial charge in [-0.2, -0.15) is 10.2 Å². The van der Waals surface area contributed by atoms with Crippen LogP contribution in [0.25, 0.3) is 0 Å². The first-order valence-electron chi connectivity index (χ1n) is 6.53. The van der Waals surface area contributed by atoms with Crippen molar-refractivity contribution in [3.8, 4) is 0 Å². The summed E-state index contributed by atoms with van der Waals surface area (Å²) in [6.07, 6.45) is 2.95. The van der Waals surface area contributed by atoms with Crippen LogP contribution in [0.2, 0.25) is 0 Å². The predicted octanol–water partition coefficient (Wildman–Crippen LogP) is 2.85. The van der Waals surface area contributed by atoms with E-state index < -0.39 is 0 Å². The van der Waals surface area contributed by atoms with E-state index in [0.717, 1.165) is 37.6 Å². The standard InChI is InChI=1S/C13H21N5.ClH/c1-4-8-18-12(6-7-15-18)10-14-13-9-11(3)16-17(13)5-2;/h6-7,9,14H,4-5,8,10H2,1-3H3;1H. The minimum Gasteiger partial charge on any atom is -0.365 e. The third-order valence-corrected chi connectivity index (χ3v) is 2.89. The second-order valence-electron chi connectivity index (χ2n) is 4.39. The van der Waals surface area contributed by atoms with E-state index in [1.165, 1.54) is 5.69 Å². The van der Waals surface area contributed by atoms with Crippen LogP contribution >= 0.6 is 12.4 Å². The van der Waals surface area contributed by atoms with Crippen molar-refractivity contribution >= 4 is 18.2 Å². The molecule has 0 aliphatic carbocycles. The van der Waals surface area contributed by atoms with Crippen LogP contribution in [0.15, 0.2) is 18.3 Å². The third-order valence-electron chi connectivity index (χ3n) is 2.89. The molecule has 2 heterocycles. The Morgan fingerprint density at radius 3 is 2.74 bits per heavy atom. The zero-order valence-corrected chi connectivity index (χ0v) is 12.6. The maximum absolute atomic E-state index is 4.42. The van der Waals surface area contributed by atoms with Crippen molar-refractivity contribution in [2.45, 2.75) is 46.8 Å². The van der Waals surface area contributed by atoms with Gasteiger partial charge in [0.2, 0.25) is 0 Å². The molecule has 2 rings (SSSR count). The Morgan fingerprint density at radius 2 is 2.05 bits per heavy atom. The second-order valence-corrected chi connectivity index (χ2v) is 4.39. The summed E-state index contributed by atoms with van der Waals surface area (Å²) in [5.41, 5.74) is 2.25. The van der Waals surface area contributed by atoms with E-state index in [1.54, 1.807) is 0 Å². The smallest absolute Gasteiger partial charge is 0.124 e. The highest BCUT2D eigenvalue weighted by Gasteiger charge is 2.05. The van der Waals surface area contributed by atoms with Crippen LogP contribution in [0.5, 0.6) is 0 Å². The molecular weight excluding hydrogens is 262 g/mol. The van der Waals surface area contributed by atoms with E-state index in [0.29, 0.717) is 0 Å². The minimum absolute atomic E-state index is 0. The van der Waals surface area contributed by atoms with Crippen molar-refractivity contribution in [2.24, 2.45) is 0 Å². The SMILES string of the molecule is CCCn1nccc1CNc1cc(C)nn1CC.Cl.